The van der Waals surface area contributed by atoms with Crippen LogP contribution in [0.3, 0.4) is 0 Å². The Balaban J connectivity index is 2.86. The van der Waals surface area contributed by atoms with Gasteiger partial charge in [0.1, 0.15) is 17.6 Å². The largest absolute Gasteiger partial charge is 0.508 e. The van der Waals surface area contributed by atoms with E-state index in [1.165, 1.54) is 25.3 Å². The third-order valence-electron chi connectivity index (χ3n) is 3.10. The van der Waals surface area contributed by atoms with E-state index in [-0.39, 0.29) is 17.8 Å². The normalized spacial score (nSPS) is 14.1. The van der Waals surface area contributed by atoms with Crippen LogP contribution < -0.4 is 5.32 Å². The van der Waals surface area contributed by atoms with Crippen LogP contribution in [0.2, 0.25) is 0 Å². The number of nitrogens with one attached hydrogen (secondary N) is 1. The van der Waals surface area contributed by atoms with E-state index in [1.807, 2.05) is 13.8 Å². The fourth-order valence-electron chi connectivity index (χ4n) is 2.11. The molecule has 0 saturated carbocycles. The van der Waals surface area contributed by atoms with Gasteiger partial charge in [0.25, 0.3) is 0 Å². The van der Waals surface area contributed by atoms with Crippen LogP contribution in [0.5, 0.6) is 5.75 Å². The predicted octanol–water partition coefficient (Wildman–Crippen LogP) is 2.77. The summed E-state index contributed by atoms with van der Waals surface area (Å²) in [6.07, 6.45) is 0.604. The van der Waals surface area contributed by atoms with Crippen LogP contribution in [0.1, 0.15) is 38.8 Å². The van der Waals surface area contributed by atoms with E-state index in [9.17, 15) is 14.3 Å². The Morgan fingerprint density at radius 2 is 2.05 bits per heavy atom. The molecule has 0 amide bonds. The Morgan fingerprint density at radius 3 is 2.60 bits per heavy atom. The number of carbonyl (C=O) groups excluding carboxylic acids is 1. The summed E-state index contributed by atoms with van der Waals surface area (Å²) >= 11 is 0. The summed E-state index contributed by atoms with van der Waals surface area (Å²) in [6.45, 7) is 5.77. The van der Waals surface area contributed by atoms with Crippen molar-refractivity contribution in [3.05, 3.63) is 29.6 Å². The minimum absolute atomic E-state index is 0.000405. The minimum atomic E-state index is -0.488. The Hall–Kier alpha value is -1.62. The number of halogens is 1. The van der Waals surface area contributed by atoms with Crippen molar-refractivity contribution in [2.75, 3.05) is 7.11 Å². The highest BCUT2D eigenvalue weighted by molar-refractivity contribution is 5.75. The second kappa shape index (κ2) is 7.24. The third kappa shape index (κ3) is 4.49. The molecule has 0 aliphatic carbocycles. The van der Waals surface area contributed by atoms with Crippen LogP contribution in [-0.4, -0.2) is 24.2 Å². The second-order valence-electron chi connectivity index (χ2n) is 5.30. The first-order chi connectivity index (χ1) is 9.35. The van der Waals surface area contributed by atoms with Gasteiger partial charge in [-0.2, -0.15) is 0 Å². The molecule has 0 aliphatic rings. The number of esters is 1. The van der Waals surface area contributed by atoms with Crippen molar-refractivity contribution in [3.63, 3.8) is 0 Å². The molecule has 2 unspecified atom stereocenters. The van der Waals surface area contributed by atoms with Crippen LogP contribution in [-0.2, 0) is 9.53 Å². The molecule has 0 spiro atoms. The van der Waals surface area contributed by atoms with Gasteiger partial charge in [-0.05, 0) is 37.5 Å². The summed E-state index contributed by atoms with van der Waals surface area (Å²) in [7, 11) is 1.33. The van der Waals surface area contributed by atoms with Gasteiger partial charge in [-0.15, -0.1) is 0 Å². The molecule has 2 N–H and O–H groups in total. The number of phenolic OH excluding ortho intramolecular Hbond substituents is 1. The lowest BCUT2D eigenvalue weighted by atomic mass is 10.0. The zero-order valence-corrected chi connectivity index (χ0v) is 12.3. The maximum Gasteiger partial charge on any atom is 0.322 e. The maximum absolute atomic E-state index is 13.2. The highest BCUT2D eigenvalue weighted by Crippen LogP contribution is 2.25. The summed E-state index contributed by atoms with van der Waals surface area (Å²) in [4.78, 5) is 11.7. The van der Waals surface area contributed by atoms with Gasteiger partial charge in [0.15, 0.2) is 0 Å². The van der Waals surface area contributed by atoms with E-state index in [2.05, 4.69) is 5.32 Å². The summed E-state index contributed by atoms with van der Waals surface area (Å²) in [5.41, 5.74) is 0.419. The lowest BCUT2D eigenvalue weighted by molar-refractivity contribution is -0.143. The van der Waals surface area contributed by atoms with Gasteiger partial charge < -0.3 is 9.84 Å². The van der Waals surface area contributed by atoms with Crippen LogP contribution >= 0.6 is 0 Å². The maximum atomic E-state index is 13.2. The molecule has 0 radical (unpaired) electrons. The van der Waals surface area contributed by atoms with Crippen molar-refractivity contribution in [1.29, 1.82) is 0 Å². The zero-order valence-electron chi connectivity index (χ0n) is 12.3. The number of hydrogen-bond donors (Lipinski definition) is 2. The van der Waals surface area contributed by atoms with Crippen molar-refractivity contribution >= 4 is 5.97 Å². The van der Waals surface area contributed by atoms with Gasteiger partial charge in [0.2, 0.25) is 0 Å². The molecule has 0 saturated heterocycles. The average Bonchev–Trinajstić information content (AvgIpc) is 2.39. The first-order valence-corrected chi connectivity index (χ1v) is 6.67. The highest BCUT2D eigenvalue weighted by Gasteiger charge is 2.23. The van der Waals surface area contributed by atoms with Crippen molar-refractivity contribution in [3.8, 4) is 5.75 Å². The number of benzene rings is 1. The van der Waals surface area contributed by atoms with Gasteiger partial charge in [-0.25, -0.2) is 4.39 Å². The first kappa shape index (κ1) is 16.4. The molecule has 112 valence electrons. The molecule has 0 aromatic heterocycles. The topological polar surface area (TPSA) is 58.6 Å². The Bertz CT molecular complexity index is 462. The predicted molar refractivity (Wildman–Crippen MR) is 74.9 cm³/mol. The molecule has 1 aromatic rings. The van der Waals surface area contributed by atoms with Gasteiger partial charge >= 0.3 is 5.97 Å². The molecule has 1 aromatic carbocycles. The summed E-state index contributed by atoms with van der Waals surface area (Å²) in [5.74, 6) is -0.481. The van der Waals surface area contributed by atoms with Gasteiger partial charge in [0, 0.05) is 11.6 Å². The molecular formula is C15H22FNO3. The SMILES string of the molecule is COC(=O)C(CC(C)C)NC(C)c1cc(F)ccc1O. The van der Waals surface area contributed by atoms with Gasteiger partial charge in [-0.1, -0.05) is 13.8 Å². The fraction of sp³-hybridized carbons (Fsp3) is 0.533. The number of phenols is 1. The second-order valence-corrected chi connectivity index (χ2v) is 5.30. The summed E-state index contributed by atoms with van der Waals surface area (Å²) in [6, 6.07) is 2.90. The Morgan fingerprint density at radius 1 is 1.40 bits per heavy atom. The number of hydrogen-bond acceptors (Lipinski definition) is 4. The quantitative estimate of drug-likeness (QED) is 0.788. The fourth-order valence-corrected chi connectivity index (χ4v) is 2.11. The van der Waals surface area contributed by atoms with Crippen LogP contribution in [0, 0.1) is 11.7 Å². The van der Waals surface area contributed by atoms with Crippen LogP contribution in [0.15, 0.2) is 18.2 Å². The van der Waals surface area contributed by atoms with Crippen molar-refractivity contribution in [2.24, 2.45) is 5.92 Å². The molecule has 2 atom stereocenters. The van der Waals surface area contributed by atoms with E-state index in [1.54, 1.807) is 6.92 Å². The number of carbonyl (C=O) groups is 1. The minimum Gasteiger partial charge on any atom is -0.508 e. The Labute approximate surface area is 119 Å². The van der Waals surface area contributed by atoms with Gasteiger partial charge in [-0.3, -0.25) is 10.1 Å². The van der Waals surface area contributed by atoms with Gasteiger partial charge in [0.05, 0.1) is 7.11 Å². The smallest absolute Gasteiger partial charge is 0.322 e. The molecule has 1 rings (SSSR count). The van der Waals surface area contributed by atoms with Crippen LogP contribution in [0.4, 0.5) is 4.39 Å². The molecule has 0 aliphatic heterocycles. The van der Waals surface area contributed by atoms with E-state index in [4.69, 9.17) is 4.74 Å². The standard InChI is InChI=1S/C15H22FNO3/c1-9(2)7-13(15(19)20-4)17-10(3)12-8-11(16)5-6-14(12)18/h5-6,8-10,13,17-18H,7H2,1-4H3. The number of ether oxygens (including phenoxy) is 1. The lowest BCUT2D eigenvalue weighted by Gasteiger charge is -2.23. The lowest BCUT2D eigenvalue weighted by Crippen LogP contribution is -2.40. The highest BCUT2D eigenvalue weighted by atomic mass is 19.1. The van der Waals surface area contributed by atoms with Crippen LogP contribution in [0.25, 0.3) is 0 Å². The van der Waals surface area contributed by atoms with E-state index in [0.29, 0.717) is 17.9 Å². The number of rotatable bonds is 6. The molecule has 4 nitrogen and oxygen atoms in total. The van der Waals surface area contributed by atoms with E-state index in [0.717, 1.165) is 0 Å². The monoisotopic (exact) mass is 283 g/mol. The van der Waals surface area contributed by atoms with Crippen molar-refractivity contribution in [2.45, 2.75) is 39.3 Å². The molecule has 5 heteroatoms. The molecule has 0 fully saturated rings. The van der Waals surface area contributed by atoms with E-state index < -0.39 is 11.9 Å². The third-order valence-corrected chi connectivity index (χ3v) is 3.10. The summed E-state index contributed by atoms with van der Waals surface area (Å²) < 4.78 is 18.0. The van der Waals surface area contributed by atoms with E-state index >= 15 is 0 Å². The molecule has 20 heavy (non-hydrogen) atoms. The first-order valence-electron chi connectivity index (χ1n) is 6.67. The Kier molecular flexibility index (Phi) is 5.95. The van der Waals surface area contributed by atoms with Crippen molar-refractivity contribution < 1.29 is 19.0 Å². The average molecular weight is 283 g/mol. The summed E-state index contributed by atoms with van der Waals surface area (Å²) in [5, 5.41) is 12.9. The molecule has 0 bridgehead atoms. The zero-order chi connectivity index (χ0) is 15.3. The number of aromatic hydroxyl groups is 1. The van der Waals surface area contributed by atoms with Crippen molar-refractivity contribution in [1.82, 2.24) is 5.32 Å². The number of methoxy groups -OCH3 is 1. The molecule has 0 heterocycles. The molecular weight excluding hydrogens is 261 g/mol.